The zero-order valence-corrected chi connectivity index (χ0v) is 13.4. The van der Waals surface area contributed by atoms with Crippen LogP contribution >= 0.6 is 12.2 Å². The van der Waals surface area contributed by atoms with Gasteiger partial charge in [0.25, 0.3) is 5.91 Å². The molecule has 0 atom stereocenters. The Morgan fingerprint density at radius 1 is 1.33 bits per heavy atom. The molecule has 21 heavy (non-hydrogen) atoms. The second-order valence-corrected chi connectivity index (χ2v) is 7.86. The van der Waals surface area contributed by atoms with Gasteiger partial charge in [0.1, 0.15) is 0 Å². The van der Waals surface area contributed by atoms with Gasteiger partial charge in [0.05, 0.1) is 15.4 Å². The molecule has 0 aromatic heterocycles. The van der Waals surface area contributed by atoms with Gasteiger partial charge in [-0.25, -0.2) is 8.42 Å². The maximum atomic E-state index is 12.4. The van der Waals surface area contributed by atoms with Gasteiger partial charge in [-0.3, -0.25) is 4.79 Å². The molecule has 0 radical (unpaired) electrons. The first-order chi connectivity index (χ1) is 9.74. The number of hydrogen-bond acceptors (Lipinski definition) is 4. The number of carbonyl (C=O) groups excluding carboxylic acids is 1. The molecule has 3 N–H and O–H groups in total. The summed E-state index contributed by atoms with van der Waals surface area (Å²) in [6, 6.07) is 5.96. The minimum absolute atomic E-state index is 0.117. The van der Waals surface area contributed by atoms with Gasteiger partial charge >= 0.3 is 0 Å². The molecule has 1 aliphatic rings. The summed E-state index contributed by atoms with van der Waals surface area (Å²) < 4.78 is 23.1. The van der Waals surface area contributed by atoms with E-state index in [-0.39, 0.29) is 15.8 Å². The van der Waals surface area contributed by atoms with Crippen molar-refractivity contribution >= 4 is 33.0 Å². The molecular weight excluding hydrogens is 308 g/mol. The number of sulfone groups is 1. The lowest BCUT2D eigenvalue weighted by Gasteiger charge is -2.29. The van der Waals surface area contributed by atoms with Crippen molar-refractivity contribution in [3.63, 3.8) is 0 Å². The van der Waals surface area contributed by atoms with Crippen molar-refractivity contribution in [2.75, 3.05) is 6.26 Å². The maximum Gasteiger partial charge on any atom is 0.252 e. The molecule has 1 fully saturated rings. The number of carbonyl (C=O) groups is 1. The molecule has 0 bridgehead atoms. The summed E-state index contributed by atoms with van der Waals surface area (Å²) in [5.41, 5.74) is 5.43. The summed E-state index contributed by atoms with van der Waals surface area (Å²) in [5.74, 6) is -0.352. The van der Waals surface area contributed by atoms with Crippen LogP contribution in [0.2, 0.25) is 0 Å². The Labute approximate surface area is 129 Å². The Morgan fingerprint density at radius 2 is 1.95 bits per heavy atom. The van der Waals surface area contributed by atoms with Crippen LogP contribution in [0.4, 0.5) is 0 Å². The van der Waals surface area contributed by atoms with E-state index in [9.17, 15) is 13.2 Å². The van der Waals surface area contributed by atoms with Crippen LogP contribution in [0.3, 0.4) is 0 Å². The van der Waals surface area contributed by atoms with E-state index in [0.717, 1.165) is 31.9 Å². The third-order valence-electron chi connectivity index (χ3n) is 3.81. The summed E-state index contributed by atoms with van der Waals surface area (Å²) in [4.78, 5) is 12.8. The molecule has 0 saturated heterocycles. The Bertz CT molecular complexity index is 677. The number of rotatable bonds is 4. The summed E-state index contributed by atoms with van der Waals surface area (Å²) in [6.45, 7) is 0. The van der Waals surface area contributed by atoms with Crippen molar-refractivity contribution in [1.29, 1.82) is 0 Å². The molecule has 5 nitrogen and oxygen atoms in total. The molecule has 114 valence electrons. The zero-order valence-electron chi connectivity index (χ0n) is 11.8. The van der Waals surface area contributed by atoms with Gasteiger partial charge in [-0.05, 0) is 31.0 Å². The number of thiocarbonyl (C=S) groups is 1. The molecule has 0 unspecified atom stereocenters. The molecule has 0 heterocycles. The standard InChI is InChI=1S/C14H18N2O3S2/c1-21(18,19)11-6-4-5-10(9-11)12(17)16-14(13(15)20)7-2-3-8-14/h4-6,9H,2-3,7-8H2,1H3,(H2,15,20)(H,16,17). The molecule has 1 aliphatic carbocycles. The van der Waals surface area contributed by atoms with Crippen LogP contribution in [-0.2, 0) is 9.84 Å². The van der Waals surface area contributed by atoms with Crippen molar-refractivity contribution in [2.45, 2.75) is 36.1 Å². The first-order valence-electron chi connectivity index (χ1n) is 6.67. The third kappa shape index (κ3) is 3.41. The van der Waals surface area contributed by atoms with Gasteiger partial charge in [0, 0.05) is 11.8 Å². The molecule has 0 spiro atoms. The number of benzene rings is 1. The van der Waals surface area contributed by atoms with E-state index in [4.69, 9.17) is 18.0 Å². The Kier molecular flexibility index (Phi) is 4.34. The zero-order chi connectivity index (χ0) is 15.7. The minimum Gasteiger partial charge on any atom is -0.391 e. The topological polar surface area (TPSA) is 89.3 Å². The molecule has 1 saturated carbocycles. The molecule has 1 amide bonds. The lowest BCUT2D eigenvalue weighted by atomic mass is 9.97. The SMILES string of the molecule is CS(=O)(=O)c1cccc(C(=O)NC2(C(N)=S)CCCC2)c1. The highest BCUT2D eigenvalue weighted by molar-refractivity contribution is 7.90. The average Bonchev–Trinajstić information content (AvgIpc) is 2.88. The van der Waals surface area contributed by atoms with Gasteiger partial charge in [0.2, 0.25) is 0 Å². The van der Waals surface area contributed by atoms with Crippen LogP contribution < -0.4 is 11.1 Å². The normalized spacial score (nSPS) is 17.4. The number of nitrogens with one attached hydrogen (secondary N) is 1. The maximum absolute atomic E-state index is 12.4. The molecule has 2 rings (SSSR count). The smallest absolute Gasteiger partial charge is 0.252 e. The van der Waals surface area contributed by atoms with E-state index in [1.807, 2.05) is 0 Å². The Hall–Kier alpha value is -1.47. The van der Waals surface area contributed by atoms with Gasteiger partial charge in [-0.2, -0.15) is 0 Å². The molecule has 1 aromatic rings. The second kappa shape index (κ2) is 5.73. The predicted octanol–water partition coefficient (Wildman–Crippen LogP) is 1.42. The number of amides is 1. The van der Waals surface area contributed by atoms with Gasteiger partial charge in [-0.15, -0.1) is 0 Å². The van der Waals surface area contributed by atoms with Crippen molar-refractivity contribution < 1.29 is 13.2 Å². The lowest BCUT2D eigenvalue weighted by Crippen LogP contribution is -2.54. The number of hydrogen-bond donors (Lipinski definition) is 2. The van der Waals surface area contributed by atoms with E-state index in [2.05, 4.69) is 5.32 Å². The van der Waals surface area contributed by atoms with Crippen molar-refractivity contribution in [3.8, 4) is 0 Å². The summed E-state index contributed by atoms with van der Waals surface area (Å²) in [6.07, 6.45) is 4.47. The Morgan fingerprint density at radius 3 is 2.48 bits per heavy atom. The fraction of sp³-hybridized carbons (Fsp3) is 0.429. The van der Waals surface area contributed by atoms with E-state index in [1.165, 1.54) is 12.1 Å². The van der Waals surface area contributed by atoms with Crippen LogP contribution in [0.1, 0.15) is 36.0 Å². The highest BCUT2D eigenvalue weighted by Crippen LogP contribution is 2.30. The summed E-state index contributed by atoms with van der Waals surface area (Å²) >= 11 is 5.09. The average molecular weight is 326 g/mol. The van der Waals surface area contributed by atoms with Crippen LogP contribution in [0.25, 0.3) is 0 Å². The quantitative estimate of drug-likeness (QED) is 0.817. The minimum atomic E-state index is -3.35. The number of nitrogens with two attached hydrogens (primary N) is 1. The third-order valence-corrected chi connectivity index (χ3v) is 5.31. The lowest BCUT2D eigenvalue weighted by molar-refractivity contribution is 0.0924. The molecule has 0 aliphatic heterocycles. The predicted molar refractivity (Wildman–Crippen MR) is 85.0 cm³/mol. The fourth-order valence-electron chi connectivity index (χ4n) is 2.57. The first kappa shape index (κ1) is 15.9. The summed E-state index contributed by atoms with van der Waals surface area (Å²) in [7, 11) is -3.35. The molecule has 1 aromatic carbocycles. The highest BCUT2D eigenvalue weighted by Gasteiger charge is 2.38. The van der Waals surface area contributed by atoms with Crippen molar-refractivity contribution in [3.05, 3.63) is 29.8 Å². The fourth-order valence-corrected chi connectivity index (χ4v) is 3.49. The monoisotopic (exact) mass is 326 g/mol. The van der Waals surface area contributed by atoms with Crippen LogP contribution in [0.15, 0.2) is 29.2 Å². The van der Waals surface area contributed by atoms with E-state index in [0.29, 0.717) is 5.56 Å². The van der Waals surface area contributed by atoms with Crippen molar-refractivity contribution in [1.82, 2.24) is 5.32 Å². The van der Waals surface area contributed by atoms with Gasteiger partial charge < -0.3 is 11.1 Å². The van der Waals surface area contributed by atoms with E-state index >= 15 is 0 Å². The van der Waals surface area contributed by atoms with Crippen LogP contribution in [-0.4, -0.2) is 31.1 Å². The van der Waals surface area contributed by atoms with Crippen LogP contribution in [0.5, 0.6) is 0 Å². The molecular formula is C14H18N2O3S2. The van der Waals surface area contributed by atoms with Gasteiger partial charge in [0.15, 0.2) is 9.84 Å². The van der Waals surface area contributed by atoms with E-state index in [1.54, 1.807) is 12.1 Å². The van der Waals surface area contributed by atoms with Crippen LogP contribution in [0, 0.1) is 0 Å². The largest absolute Gasteiger partial charge is 0.391 e. The summed E-state index contributed by atoms with van der Waals surface area (Å²) in [5, 5.41) is 2.89. The Balaban J connectivity index is 2.27. The van der Waals surface area contributed by atoms with Gasteiger partial charge in [-0.1, -0.05) is 31.1 Å². The molecule has 7 heteroatoms. The first-order valence-corrected chi connectivity index (χ1v) is 8.97. The second-order valence-electron chi connectivity index (χ2n) is 5.41. The van der Waals surface area contributed by atoms with E-state index < -0.39 is 15.4 Å². The highest BCUT2D eigenvalue weighted by atomic mass is 32.2. The van der Waals surface area contributed by atoms with Crippen molar-refractivity contribution in [2.24, 2.45) is 5.73 Å².